The fraction of sp³-hybridized carbons (Fsp3) is 0.897. The van der Waals surface area contributed by atoms with Crippen molar-refractivity contribution in [1.82, 2.24) is 9.55 Å². The Morgan fingerprint density at radius 1 is 0.838 bits per heavy atom. The van der Waals surface area contributed by atoms with Crippen LogP contribution in [0.2, 0.25) is 0 Å². The number of rotatable bonds is 26. The van der Waals surface area contributed by atoms with E-state index in [9.17, 15) is 9.46 Å². The third-order valence-electron chi connectivity index (χ3n) is 6.92. The number of hydrogen-bond donors (Lipinski definition) is 1. The third-order valence-corrected chi connectivity index (χ3v) is 8.24. The van der Waals surface area contributed by atoms with Crippen LogP contribution < -0.4 is 0 Å². The third kappa shape index (κ3) is 20.9. The first-order chi connectivity index (χ1) is 17.7. The quantitative estimate of drug-likeness (QED) is 0.0738. The van der Waals surface area contributed by atoms with Gasteiger partial charge in [0.1, 0.15) is 0 Å². The van der Waals surface area contributed by atoms with Gasteiger partial charge in [0.15, 0.2) is 0 Å². The van der Waals surface area contributed by atoms with E-state index in [2.05, 4.69) is 11.9 Å². The Hall–Kier alpha value is -0.720. The van der Waals surface area contributed by atoms with E-state index >= 15 is 0 Å². The summed E-state index contributed by atoms with van der Waals surface area (Å²) in [6.07, 6.45) is 27.1. The van der Waals surface area contributed by atoms with Crippen molar-refractivity contribution in [3.63, 3.8) is 0 Å². The molecular weight excluding hydrogens is 485 g/mol. The molecule has 218 valence electrons. The lowest BCUT2D eigenvalue weighted by Gasteiger charge is -2.25. The monoisotopic (exact) mass is 544 g/mol. The zero-order chi connectivity index (χ0) is 27.2. The van der Waals surface area contributed by atoms with Gasteiger partial charge in [0.25, 0.3) is 0 Å². The Balaban J connectivity index is 2.03. The Morgan fingerprint density at radius 3 is 1.81 bits per heavy atom. The van der Waals surface area contributed by atoms with Crippen molar-refractivity contribution < 1.29 is 23.2 Å². The van der Waals surface area contributed by atoms with E-state index < -0.39 is 7.60 Å². The highest BCUT2D eigenvalue weighted by Gasteiger charge is 2.25. The smallest absolute Gasteiger partial charge is 0.333 e. The van der Waals surface area contributed by atoms with E-state index in [0.717, 1.165) is 6.42 Å². The number of hydrogen-bond acceptors (Lipinski definition) is 4. The zero-order valence-electron chi connectivity index (χ0n) is 24.6. The molecule has 7 nitrogen and oxygen atoms in total. The number of nitrogens with zero attached hydrogens (tertiary/aromatic N) is 3. The molecule has 1 heterocycles. The Kier molecular flexibility index (Phi) is 19.6. The molecule has 0 amide bonds. The molecule has 0 aliphatic rings. The fourth-order valence-corrected chi connectivity index (χ4v) is 5.76. The van der Waals surface area contributed by atoms with Gasteiger partial charge in [-0.25, -0.2) is 4.98 Å². The molecule has 37 heavy (non-hydrogen) atoms. The molecule has 0 aliphatic heterocycles. The summed E-state index contributed by atoms with van der Waals surface area (Å²) >= 11 is 0. The summed E-state index contributed by atoms with van der Waals surface area (Å²) in [6, 6.07) is -0.159. The summed E-state index contributed by atoms with van der Waals surface area (Å²) in [5, 5.41) is 0. The van der Waals surface area contributed by atoms with Crippen LogP contribution in [0.25, 0.3) is 0 Å². The second kappa shape index (κ2) is 21.1. The summed E-state index contributed by atoms with van der Waals surface area (Å²) in [6.45, 7) is 4.16. The molecule has 0 saturated carbocycles. The maximum absolute atomic E-state index is 12.4. The topological polar surface area (TPSA) is 73.6 Å². The van der Waals surface area contributed by atoms with Crippen molar-refractivity contribution in [3.05, 3.63) is 18.7 Å². The molecule has 0 aromatic carbocycles. The van der Waals surface area contributed by atoms with Gasteiger partial charge in [-0.05, 0) is 6.42 Å². The lowest BCUT2D eigenvalue weighted by molar-refractivity contribution is -0.867. The summed E-state index contributed by atoms with van der Waals surface area (Å²) in [4.78, 5) is 14.3. The average molecular weight is 545 g/mol. The van der Waals surface area contributed by atoms with Crippen LogP contribution in [0.15, 0.2) is 18.7 Å². The maximum Gasteiger partial charge on any atom is 0.333 e. The number of unbranched alkanes of at least 4 members (excludes halogenated alkanes) is 15. The molecule has 1 N–H and O–H groups in total. The first kappa shape index (κ1) is 34.3. The summed E-state index contributed by atoms with van der Waals surface area (Å²) in [5.41, 5.74) is 0. The highest BCUT2D eigenvalue weighted by molar-refractivity contribution is 7.52. The molecule has 2 unspecified atom stereocenters. The SMILES string of the molecule is CCCCCCCCCCCCCCCCCCOCC(COP(=O)(O)CC[N+](C)(C)C)n1ccnc1. The largest absolute Gasteiger partial charge is 0.379 e. The summed E-state index contributed by atoms with van der Waals surface area (Å²) < 4.78 is 26.3. The van der Waals surface area contributed by atoms with E-state index in [4.69, 9.17) is 9.26 Å². The van der Waals surface area contributed by atoms with Crippen molar-refractivity contribution in [2.24, 2.45) is 0 Å². The molecule has 0 saturated heterocycles. The van der Waals surface area contributed by atoms with Crippen LogP contribution in [0.3, 0.4) is 0 Å². The molecule has 8 heteroatoms. The standard InChI is InChI=1S/C29H58N3O4P/c1-5-6-7-8-9-10-11-12-13-14-15-16-17-18-19-20-24-35-26-29(31-22-21-30-28-31)27-36-37(33,34)25-23-32(2,3)4/h21-22,28-29H,5-20,23-27H2,1-4H3/p+1. The minimum absolute atomic E-state index is 0.139. The van der Waals surface area contributed by atoms with Gasteiger partial charge in [-0.1, -0.05) is 103 Å². The average Bonchev–Trinajstić information content (AvgIpc) is 3.38. The summed E-state index contributed by atoms with van der Waals surface area (Å²) in [5.74, 6) is 0. The molecule has 1 aromatic heterocycles. The zero-order valence-corrected chi connectivity index (χ0v) is 25.5. The lowest BCUT2D eigenvalue weighted by Crippen LogP contribution is -2.37. The van der Waals surface area contributed by atoms with E-state index in [1.54, 1.807) is 12.5 Å². The van der Waals surface area contributed by atoms with Crippen LogP contribution in [0.5, 0.6) is 0 Å². The van der Waals surface area contributed by atoms with E-state index in [1.807, 2.05) is 31.9 Å². The Morgan fingerprint density at radius 2 is 1.35 bits per heavy atom. The van der Waals surface area contributed by atoms with Crippen molar-refractivity contribution >= 4 is 7.60 Å². The lowest BCUT2D eigenvalue weighted by atomic mass is 10.0. The first-order valence-electron chi connectivity index (χ1n) is 15.1. The molecular formula is C29H59N3O4P+. The Bertz CT molecular complexity index is 679. The minimum atomic E-state index is -3.63. The van der Waals surface area contributed by atoms with E-state index in [1.165, 1.54) is 96.3 Å². The van der Waals surface area contributed by atoms with Gasteiger partial charge < -0.3 is 23.2 Å². The molecule has 1 aromatic rings. The second-order valence-electron chi connectivity index (χ2n) is 11.7. The number of ether oxygens (including phenoxy) is 1. The number of quaternary nitrogens is 1. The van der Waals surface area contributed by atoms with Gasteiger partial charge in [-0.15, -0.1) is 0 Å². The van der Waals surface area contributed by atoms with Crippen LogP contribution >= 0.6 is 7.60 Å². The van der Waals surface area contributed by atoms with Crippen LogP contribution in [0, 0.1) is 0 Å². The van der Waals surface area contributed by atoms with Gasteiger partial charge in [0.05, 0.1) is 59.4 Å². The molecule has 0 fully saturated rings. The predicted molar refractivity (Wildman–Crippen MR) is 155 cm³/mol. The molecule has 0 spiro atoms. The highest BCUT2D eigenvalue weighted by Crippen LogP contribution is 2.42. The van der Waals surface area contributed by atoms with E-state index in [-0.39, 0.29) is 18.8 Å². The number of aromatic nitrogens is 2. The predicted octanol–water partition coefficient (Wildman–Crippen LogP) is 7.61. The first-order valence-corrected chi connectivity index (χ1v) is 16.8. The van der Waals surface area contributed by atoms with Crippen molar-refractivity contribution in [1.29, 1.82) is 0 Å². The molecule has 0 radical (unpaired) electrons. The van der Waals surface area contributed by atoms with E-state index in [0.29, 0.717) is 24.2 Å². The van der Waals surface area contributed by atoms with Gasteiger partial charge in [-0.3, -0.25) is 4.57 Å². The fourth-order valence-electron chi connectivity index (χ4n) is 4.37. The van der Waals surface area contributed by atoms with Crippen LogP contribution in [0.1, 0.15) is 116 Å². The van der Waals surface area contributed by atoms with Crippen LogP contribution in [0.4, 0.5) is 0 Å². The molecule has 1 rings (SSSR count). The van der Waals surface area contributed by atoms with Gasteiger partial charge in [0, 0.05) is 19.0 Å². The second-order valence-corrected chi connectivity index (χ2v) is 13.7. The Labute approximate surface area is 228 Å². The van der Waals surface area contributed by atoms with Crippen molar-refractivity contribution in [3.8, 4) is 0 Å². The molecule has 0 bridgehead atoms. The van der Waals surface area contributed by atoms with Gasteiger partial charge in [0.2, 0.25) is 0 Å². The van der Waals surface area contributed by atoms with Crippen molar-refractivity contribution in [2.45, 2.75) is 116 Å². The maximum atomic E-state index is 12.4. The van der Waals surface area contributed by atoms with Gasteiger partial charge >= 0.3 is 7.60 Å². The van der Waals surface area contributed by atoms with Crippen LogP contribution in [-0.2, 0) is 13.8 Å². The molecule has 2 atom stereocenters. The minimum Gasteiger partial charge on any atom is -0.379 e. The van der Waals surface area contributed by atoms with Crippen LogP contribution in [-0.4, -0.2) is 72.6 Å². The summed E-state index contributed by atoms with van der Waals surface area (Å²) in [7, 11) is 2.37. The van der Waals surface area contributed by atoms with Crippen molar-refractivity contribution in [2.75, 3.05) is 53.7 Å². The number of imidazole rings is 1. The van der Waals surface area contributed by atoms with Gasteiger partial charge in [-0.2, -0.15) is 0 Å². The highest BCUT2D eigenvalue weighted by atomic mass is 31.2. The normalized spacial score (nSPS) is 14.6. The molecule has 0 aliphatic carbocycles.